The molecule has 1 saturated heterocycles. The third-order valence-corrected chi connectivity index (χ3v) is 5.23. The predicted octanol–water partition coefficient (Wildman–Crippen LogP) is 2.40. The summed E-state index contributed by atoms with van der Waals surface area (Å²) in [7, 11) is 5.50. The Morgan fingerprint density at radius 1 is 1.40 bits per heavy atom. The lowest BCUT2D eigenvalue weighted by atomic mass is 9.83. The first-order valence-electron chi connectivity index (χ1n) is 8.51. The molecule has 1 aliphatic rings. The smallest absolute Gasteiger partial charge is 0.308 e. The number of likely N-dealkylation sites (N-methyl/N-ethyl adjacent to an activating group) is 1. The Morgan fingerprint density at radius 2 is 2.08 bits per heavy atom. The van der Waals surface area contributed by atoms with Crippen molar-refractivity contribution in [1.82, 2.24) is 9.80 Å². The molecule has 0 aromatic heterocycles. The quantitative estimate of drug-likeness (QED) is 0.855. The van der Waals surface area contributed by atoms with Crippen LogP contribution in [0.3, 0.4) is 0 Å². The molecule has 0 spiro atoms. The third kappa shape index (κ3) is 4.12. The highest BCUT2D eigenvalue weighted by atomic mass is 16.5. The SMILES string of the molecule is COc1cccc([C@@H]2[C@H](C(=O)O)CCC(=O)N2CC(C)(C)N(C)C)c1. The van der Waals surface area contributed by atoms with Crippen LogP contribution in [0.25, 0.3) is 0 Å². The van der Waals surface area contributed by atoms with Gasteiger partial charge in [-0.2, -0.15) is 0 Å². The first-order valence-corrected chi connectivity index (χ1v) is 8.51. The number of aliphatic carboxylic acids is 1. The van der Waals surface area contributed by atoms with Crippen LogP contribution < -0.4 is 4.74 Å². The number of hydrogen-bond acceptors (Lipinski definition) is 4. The van der Waals surface area contributed by atoms with E-state index in [1.165, 1.54) is 0 Å². The lowest BCUT2D eigenvalue weighted by Crippen LogP contribution is -2.54. The number of likely N-dealkylation sites (tertiary alicyclic amines) is 1. The van der Waals surface area contributed by atoms with E-state index >= 15 is 0 Å². The molecule has 1 aliphatic heterocycles. The monoisotopic (exact) mass is 348 g/mol. The standard InChI is InChI=1S/C19H28N2O4/c1-19(2,20(3)4)12-21-16(22)10-9-15(18(23)24)17(21)13-7-6-8-14(11-13)25-5/h6-8,11,15,17H,9-10,12H2,1-5H3,(H,23,24)/t15-,17-/m1/s1. The van der Waals surface area contributed by atoms with E-state index in [2.05, 4.69) is 0 Å². The molecule has 1 fully saturated rings. The Balaban J connectivity index is 2.47. The molecule has 1 aromatic rings. The number of benzene rings is 1. The van der Waals surface area contributed by atoms with Crippen molar-refractivity contribution in [2.24, 2.45) is 5.92 Å². The summed E-state index contributed by atoms with van der Waals surface area (Å²) in [6.45, 7) is 4.56. The minimum atomic E-state index is -0.868. The van der Waals surface area contributed by atoms with Crippen LogP contribution in [-0.4, -0.2) is 60.1 Å². The molecule has 1 aromatic carbocycles. The zero-order valence-corrected chi connectivity index (χ0v) is 15.7. The predicted molar refractivity (Wildman–Crippen MR) is 95.6 cm³/mol. The van der Waals surface area contributed by atoms with Crippen molar-refractivity contribution in [3.63, 3.8) is 0 Å². The molecule has 2 rings (SSSR count). The van der Waals surface area contributed by atoms with Gasteiger partial charge in [-0.15, -0.1) is 0 Å². The highest BCUT2D eigenvalue weighted by molar-refractivity contribution is 5.82. The summed E-state index contributed by atoms with van der Waals surface area (Å²) in [4.78, 5) is 28.3. The maximum Gasteiger partial charge on any atom is 0.308 e. The van der Waals surface area contributed by atoms with Crippen molar-refractivity contribution >= 4 is 11.9 Å². The van der Waals surface area contributed by atoms with Gasteiger partial charge in [-0.25, -0.2) is 0 Å². The molecule has 25 heavy (non-hydrogen) atoms. The molecule has 0 bridgehead atoms. The highest BCUT2D eigenvalue weighted by Gasteiger charge is 2.43. The average Bonchev–Trinajstić information content (AvgIpc) is 2.56. The van der Waals surface area contributed by atoms with Crippen LogP contribution >= 0.6 is 0 Å². The Morgan fingerprint density at radius 3 is 2.64 bits per heavy atom. The lowest BCUT2D eigenvalue weighted by molar-refractivity contribution is -0.153. The number of carbonyl (C=O) groups is 2. The number of rotatable bonds is 6. The number of carboxylic acids is 1. The average molecular weight is 348 g/mol. The van der Waals surface area contributed by atoms with E-state index in [9.17, 15) is 14.7 Å². The molecule has 1 N–H and O–H groups in total. The van der Waals surface area contributed by atoms with Gasteiger partial charge in [0.15, 0.2) is 0 Å². The van der Waals surface area contributed by atoms with Crippen LogP contribution in [0, 0.1) is 5.92 Å². The van der Waals surface area contributed by atoms with Crippen LogP contribution in [-0.2, 0) is 9.59 Å². The molecule has 0 radical (unpaired) electrons. The number of nitrogens with zero attached hydrogens (tertiary/aromatic N) is 2. The van der Waals surface area contributed by atoms with Crippen LogP contribution in [0.2, 0.25) is 0 Å². The van der Waals surface area contributed by atoms with Crippen molar-refractivity contribution in [1.29, 1.82) is 0 Å². The minimum absolute atomic E-state index is 0.000227. The van der Waals surface area contributed by atoms with Crippen molar-refractivity contribution in [3.05, 3.63) is 29.8 Å². The second-order valence-corrected chi connectivity index (χ2v) is 7.43. The van der Waals surface area contributed by atoms with Gasteiger partial charge in [-0.3, -0.25) is 9.59 Å². The summed E-state index contributed by atoms with van der Waals surface area (Å²) in [5.74, 6) is -0.831. The Hall–Kier alpha value is -2.08. The Bertz CT molecular complexity index is 642. The zero-order chi connectivity index (χ0) is 18.8. The summed E-state index contributed by atoms with van der Waals surface area (Å²) in [5, 5.41) is 9.73. The van der Waals surface area contributed by atoms with E-state index in [1.807, 2.05) is 57.1 Å². The van der Waals surface area contributed by atoms with Gasteiger partial charge in [0.25, 0.3) is 0 Å². The zero-order valence-electron chi connectivity index (χ0n) is 15.7. The normalized spacial score (nSPS) is 21.5. The molecule has 0 unspecified atom stereocenters. The van der Waals surface area contributed by atoms with Gasteiger partial charge in [0.1, 0.15) is 5.75 Å². The molecule has 1 heterocycles. The fourth-order valence-corrected chi connectivity index (χ4v) is 3.19. The number of carbonyl (C=O) groups excluding carboxylic acids is 1. The van der Waals surface area contributed by atoms with E-state index < -0.39 is 17.9 Å². The minimum Gasteiger partial charge on any atom is -0.497 e. The van der Waals surface area contributed by atoms with Crippen molar-refractivity contribution in [2.45, 2.75) is 38.3 Å². The van der Waals surface area contributed by atoms with E-state index in [1.54, 1.807) is 12.0 Å². The maximum absolute atomic E-state index is 12.7. The molecule has 138 valence electrons. The largest absolute Gasteiger partial charge is 0.497 e. The molecule has 0 aliphatic carbocycles. The summed E-state index contributed by atoms with van der Waals surface area (Å²) >= 11 is 0. The molecular weight excluding hydrogens is 320 g/mol. The molecule has 1 amide bonds. The second-order valence-electron chi connectivity index (χ2n) is 7.43. The number of ether oxygens (including phenoxy) is 1. The van der Waals surface area contributed by atoms with Crippen molar-refractivity contribution in [3.8, 4) is 5.75 Å². The van der Waals surface area contributed by atoms with Gasteiger partial charge in [0.2, 0.25) is 5.91 Å². The van der Waals surface area contributed by atoms with Crippen LogP contribution in [0.5, 0.6) is 5.75 Å². The molecule has 2 atom stereocenters. The van der Waals surface area contributed by atoms with E-state index in [0.717, 1.165) is 5.56 Å². The van der Waals surface area contributed by atoms with Crippen molar-refractivity contribution < 1.29 is 19.4 Å². The number of methoxy groups -OCH3 is 1. The highest BCUT2D eigenvalue weighted by Crippen LogP contribution is 2.39. The lowest BCUT2D eigenvalue weighted by Gasteiger charge is -2.45. The maximum atomic E-state index is 12.7. The van der Waals surface area contributed by atoms with Gasteiger partial charge in [0, 0.05) is 18.5 Å². The van der Waals surface area contributed by atoms with Crippen LogP contribution in [0.4, 0.5) is 0 Å². The summed E-state index contributed by atoms with van der Waals surface area (Å²) in [6.07, 6.45) is 0.621. The summed E-state index contributed by atoms with van der Waals surface area (Å²) in [5.41, 5.74) is 0.530. The second kappa shape index (κ2) is 7.44. The topological polar surface area (TPSA) is 70.1 Å². The Kier molecular flexibility index (Phi) is 5.72. The number of hydrogen-bond donors (Lipinski definition) is 1. The number of carboxylic acid groups (broad SMARTS) is 1. The van der Waals surface area contributed by atoms with Crippen molar-refractivity contribution in [2.75, 3.05) is 27.7 Å². The third-order valence-electron chi connectivity index (χ3n) is 5.23. The molecule has 6 heteroatoms. The van der Waals surface area contributed by atoms with Gasteiger partial charge in [-0.05, 0) is 52.1 Å². The van der Waals surface area contributed by atoms with E-state index in [0.29, 0.717) is 18.7 Å². The molecule has 6 nitrogen and oxygen atoms in total. The number of amides is 1. The summed E-state index contributed by atoms with van der Waals surface area (Å²) in [6, 6.07) is 6.86. The van der Waals surface area contributed by atoms with Gasteiger partial charge in [0.05, 0.1) is 19.1 Å². The fourth-order valence-electron chi connectivity index (χ4n) is 3.19. The van der Waals surface area contributed by atoms with Gasteiger partial charge >= 0.3 is 5.97 Å². The first kappa shape index (κ1) is 19.2. The van der Waals surface area contributed by atoms with Crippen LogP contribution in [0.15, 0.2) is 24.3 Å². The van der Waals surface area contributed by atoms with Crippen LogP contribution in [0.1, 0.15) is 38.3 Å². The Labute approximate surface area is 149 Å². The van der Waals surface area contributed by atoms with E-state index in [4.69, 9.17) is 4.74 Å². The summed E-state index contributed by atoms with van der Waals surface area (Å²) < 4.78 is 5.28. The van der Waals surface area contributed by atoms with Gasteiger partial charge < -0.3 is 19.6 Å². The van der Waals surface area contributed by atoms with Gasteiger partial charge in [-0.1, -0.05) is 12.1 Å². The molecule has 0 saturated carbocycles. The first-order chi connectivity index (χ1) is 11.7. The van der Waals surface area contributed by atoms with E-state index in [-0.39, 0.29) is 17.9 Å². The molecular formula is C19H28N2O4. The fraction of sp³-hybridized carbons (Fsp3) is 0.579. The number of piperidine rings is 1.